The molecule has 130 valence electrons. The molecule has 1 aliphatic rings. The van der Waals surface area contributed by atoms with E-state index in [0.29, 0.717) is 12.3 Å². The Kier molecular flexibility index (Phi) is 6.30. The van der Waals surface area contributed by atoms with E-state index in [1.807, 2.05) is 42.5 Å². The number of fused-ring (bicyclic) bond motifs is 1. The van der Waals surface area contributed by atoms with Gasteiger partial charge in [0.25, 0.3) is 5.91 Å². The van der Waals surface area contributed by atoms with Gasteiger partial charge in [-0.25, -0.2) is 0 Å². The van der Waals surface area contributed by atoms with E-state index in [-0.39, 0.29) is 12.5 Å². The van der Waals surface area contributed by atoms with Gasteiger partial charge in [0.15, 0.2) is 6.61 Å². The fourth-order valence-corrected chi connectivity index (χ4v) is 2.95. The monoisotopic (exact) mass is 336 g/mol. The standard InChI is InChI=1S/C21H24N2O2/c24-21(22-12-4-7-15-23-13-5-1-6-14-23)17-25-20-11-10-18-8-2-3-9-19(18)16-20/h2-3,8-11,16H,1,5-6,12-15,17H2,(H,22,24). The molecule has 1 amide bonds. The van der Waals surface area contributed by atoms with E-state index in [2.05, 4.69) is 22.1 Å². The van der Waals surface area contributed by atoms with Crippen LogP contribution in [0, 0.1) is 11.8 Å². The number of hydrogen-bond acceptors (Lipinski definition) is 3. The van der Waals surface area contributed by atoms with Gasteiger partial charge in [0.2, 0.25) is 0 Å². The van der Waals surface area contributed by atoms with Crippen LogP contribution in [0.4, 0.5) is 0 Å². The third-order valence-corrected chi connectivity index (χ3v) is 4.34. The first-order valence-electron chi connectivity index (χ1n) is 8.88. The molecule has 0 atom stereocenters. The quantitative estimate of drug-likeness (QED) is 0.854. The van der Waals surface area contributed by atoms with Crippen molar-refractivity contribution < 1.29 is 9.53 Å². The van der Waals surface area contributed by atoms with Crippen LogP contribution in [0.15, 0.2) is 42.5 Å². The lowest BCUT2D eigenvalue weighted by atomic mass is 10.1. The summed E-state index contributed by atoms with van der Waals surface area (Å²) < 4.78 is 5.56. The molecule has 1 N–H and O–H groups in total. The summed E-state index contributed by atoms with van der Waals surface area (Å²) in [6.45, 7) is 3.45. The number of hydrogen-bond donors (Lipinski definition) is 1. The van der Waals surface area contributed by atoms with Crippen LogP contribution >= 0.6 is 0 Å². The number of rotatable bonds is 5. The minimum Gasteiger partial charge on any atom is -0.484 e. The number of carbonyl (C=O) groups is 1. The average Bonchev–Trinajstić information content (AvgIpc) is 2.67. The summed E-state index contributed by atoms with van der Waals surface area (Å²) in [6.07, 6.45) is 3.87. The number of amides is 1. The molecule has 3 rings (SSSR count). The second-order valence-electron chi connectivity index (χ2n) is 6.26. The molecule has 1 fully saturated rings. The second-order valence-corrected chi connectivity index (χ2v) is 6.26. The Morgan fingerprint density at radius 2 is 1.84 bits per heavy atom. The number of nitrogens with zero attached hydrogens (tertiary/aromatic N) is 1. The van der Waals surface area contributed by atoms with Crippen molar-refractivity contribution >= 4 is 16.7 Å². The zero-order valence-electron chi connectivity index (χ0n) is 14.5. The Labute approximate surface area is 149 Å². The van der Waals surface area contributed by atoms with E-state index in [1.165, 1.54) is 19.3 Å². The maximum Gasteiger partial charge on any atom is 0.258 e. The predicted molar refractivity (Wildman–Crippen MR) is 101 cm³/mol. The number of benzene rings is 2. The van der Waals surface area contributed by atoms with Crippen molar-refractivity contribution in [2.24, 2.45) is 0 Å². The SMILES string of the molecule is O=C(COc1ccc2ccccc2c1)NCC#CCN1CCCCC1. The van der Waals surface area contributed by atoms with Crippen molar-refractivity contribution in [2.75, 3.05) is 32.8 Å². The summed E-state index contributed by atoms with van der Waals surface area (Å²) in [6, 6.07) is 13.9. The lowest BCUT2D eigenvalue weighted by molar-refractivity contribution is -0.122. The zero-order valence-corrected chi connectivity index (χ0v) is 14.5. The van der Waals surface area contributed by atoms with E-state index in [0.717, 1.165) is 30.4 Å². The summed E-state index contributed by atoms with van der Waals surface area (Å²) in [5.41, 5.74) is 0. The Morgan fingerprint density at radius 1 is 1.04 bits per heavy atom. The van der Waals surface area contributed by atoms with Crippen molar-refractivity contribution in [1.82, 2.24) is 10.2 Å². The molecular formula is C21H24N2O2. The number of nitrogens with one attached hydrogen (secondary N) is 1. The summed E-state index contributed by atoms with van der Waals surface area (Å²) in [5.74, 6) is 6.68. The van der Waals surface area contributed by atoms with E-state index in [1.54, 1.807) is 0 Å². The molecule has 1 heterocycles. The lowest BCUT2D eigenvalue weighted by Gasteiger charge is -2.23. The van der Waals surface area contributed by atoms with Crippen molar-refractivity contribution in [1.29, 1.82) is 0 Å². The Hall–Kier alpha value is -2.51. The van der Waals surface area contributed by atoms with Crippen LogP contribution in [0.3, 0.4) is 0 Å². The topological polar surface area (TPSA) is 41.6 Å². The van der Waals surface area contributed by atoms with Crippen LogP contribution in [-0.2, 0) is 4.79 Å². The largest absolute Gasteiger partial charge is 0.484 e. The molecule has 0 unspecified atom stereocenters. The minimum atomic E-state index is -0.152. The molecule has 4 heteroatoms. The smallest absolute Gasteiger partial charge is 0.258 e. The first kappa shape index (κ1) is 17.3. The fraction of sp³-hybridized carbons (Fsp3) is 0.381. The molecule has 4 nitrogen and oxygen atoms in total. The van der Waals surface area contributed by atoms with Gasteiger partial charge in [-0.15, -0.1) is 0 Å². The molecule has 0 saturated carbocycles. The van der Waals surface area contributed by atoms with Crippen molar-refractivity contribution in [3.05, 3.63) is 42.5 Å². The van der Waals surface area contributed by atoms with Crippen molar-refractivity contribution in [3.8, 4) is 17.6 Å². The Balaban J connectivity index is 1.37. The number of carbonyl (C=O) groups excluding carboxylic acids is 1. The third-order valence-electron chi connectivity index (χ3n) is 4.34. The normalized spacial score (nSPS) is 14.6. The maximum absolute atomic E-state index is 11.8. The number of ether oxygens (including phenoxy) is 1. The summed E-state index contributed by atoms with van der Waals surface area (Å²) in [7, 11) is 0. The molecule has 1 saturated heterocycles. The summed E-state index contributed by atoms with van der Waals surface area (Å²) in [4.78, 5) is 14.2. The molecule has 0 aromatic heterocycles. The van der Waals surface area contributed by atoms with Gasteiger partial charge < -0.3 is 10.1 Å². The third kappa shape index (κ3) is 5.51. The minimum absolute atomic E-state index is 0.00610. The molecule has 2 aromatic carbocycles. The van der Waals surface area contributed by atoms with Gasteiger partial charge in [-0.2, -0.15) is 0 Å². The highest BCUT2D eigenvalue weighted by molar-refractivity contribution is 5.84. The van der Waals surface area contributed by atoms with E-state index in [9.17, 15) is 4.79 Å². The van der Waals surface area contributed by atoms with Crippen LogP contribution in [0.1, 0.15) is 19.3 Å². The summed E-state index contributed by atoms with van der Waals surface area (Å²) in [5, 5.41) is 5.03. The van der Waals surface area contributed by atoms with Gasteiger partial charge >= 0.3 is 0 Å². The summed E-state index contributed by atoms with van der Waals surface area (Å²) >= 11 is 0. The fourth-order valence-electron chi connectivity index (χ4n) is 2.95. The van der Waals surface area contributed by atoms with E-state index in [4.69, 9.17) is 4.74 Å². The van der Waals surface area contributed by atoms with E-state index < -0.39 is 0 Å². The predicted octanol–water partition coefficient (Wildman–Crippen LogP) is 2.82. The van der Waals surface area contributed by atoms with Crippen molar-refractivity contribution in [3.63, 3.8) is 0 Å². The first-order valence-corrected chi connectivity index (χ1v) is 8.88. The van der Waals surface area contributed by atoms with Crippen LogP contribution in [0.2, 0.25) is 0 Å². The van der Waals surface area contributed by atoms with Gasteiger partial charge in [-0.1, -0.05) is 48.6 Å². The highest BCUT2D eigenvalue weighted by Gasteiger charge is 2.07. The molecule has 0 spiro atoms. The van der Waals surface area contributed by atoms with Crippen LogP contribution < -0.4 is 10.1 Å². The number of piperidine rings is 1. The average molecular weight is 336 g/mol. The van der Waals surface area contributed by atoms with Crippen LogP contribution in [-0.4, -0.2) is 43.6 Å². The first-order chi connectivity index (χ1) is 12.3. The molecule has 25 heavy (non-hydrogen) atoms. The van der Waals surface area contributed by atoms with Crippen LogP contribution in [0.5, 0.6) is 5.75 Å². The Bertz CT molecular complexity index is 770. The van der Waals surface area contributed by atoms with E-state index >= 15 is 0 Å². The lowest BCUT2D eigenvalue weighted by Crippen LogP contribution is -2.30. The molecule has 1 aliphatic heterocycles. The molecule has 0 bridgehead atoms. The Morgan fingerprint density at radius 3 is 2.68 bits per heavy atom. The molecule has 2 aromatic rings. The van der Waals surface area contributed by atoms with Crippen molar-refractivity contribution in [2.45, 2.75) is 19.3 Å². The maximum atomic E-state index is 11.8. The molecular weight excluding hydrogens is 312 g/mol. The van der Waals surface area contributed by atoms with Gasteiger partial charge in [-0.05, 0) is 48.8 Å². The highest BCUT2D eigenvalue weighted by Crippen LogP contribution is 2.20. The van der Waals surface area contributed by atoms with Gasteiger partial charge in [-0.3, -0.25) is 9.69 Å². The van der Waals surface area contributed by atoms with Gasteiger partial charge in [0.05, 0.1) is 13.1 Å². The molecule has 0 radical (unpaired) electrons. The molecule has 0 aliphatic carbocycles. The van der Waals surface area contributed by atoms with Gasteiger partial charge in [0.1, 0.15) is 5.75 Å². The highest BCUT2D eigenvalue weighted by atomic mass is 16.5. The second kappa shape index (κ2) is 9.10. The van der Waals surface area contributed by atoms with Crippen LogP contribution in [0.25, 0.3) is 10.8 Å². The zero-order chi connectivity index (χ0) is 17.3. The number of likely N-dealkylation sites (tertiary alicyclic amines) is 1. The van der Waals surface area contributed by atoms with Gasteiger partial charge in [0, 0.05) is 0 Å².